The molecule has 19 heteroatoms. The largest absolute Gasteiger partial charge is 0.506 e. The number of aromatic hydroxyl groups is 4. The first-order valence-electron chi connectivity index (χ1n) is 19.5. The molecule has 0 atom stereocenters. The Bertz CT molecular complexity index is 3100. The van der Waals surface area contributed by atoms with Crippen molar-refractivity contribution in [3.8, 4) is 23.0 Å². The predicted octanol–water partition coefficient (Wildman–Crippen LogP) is 13.3. The molecule has 8 aromatic rings. The van der Waals surface area contributed by atoms with Crippen LogP contribution in [0.5, 0.6) is 23.0 Å². The van der Waals surface area contributed by atoms with Crippen molar-refractivity contribution < 1.29 is 56.9 Å². The molecule has 67 heavy (non-hydrogen) atoms. The molecule has 8 aromatic carbocycles. The number of nitrogens with zero attached hydrogens (tertiary/aromatic N) is 6. The number of ketones is 2. The van der Waals surface area contributed by atoms with Gasteiger partial charge in [0.1, 0.15) is 34.2 Å². The summed E-state index contributed by atoms with van der Waals surface area (Å²) < 4.78 is 0. The maximum Gasteiger partial charge on any atom is 0.269 e. The van der Waals surface area contributed by atoms with Crippen molar-refractivity contribution in [1.29, 1.82) is 0 Å². The molecule has 0 fully saturated rings. The van der Waals surface area contributed by atoms with Crippen molar-refractivity contribution >= 4 is 90.4 Å². The van der Waals surface area contributed by atoms with Gasteiger partial charge in [0.2, 0.25) is 0 Å². The van der Waals surface area contributed by atoms with E-state index in [9.17, 15) is 50.2 Å². The number of hydrogen-bond acceptors (Lipinski definition) is 14. The Morgan fingerprint density at radius 1 is 0.493 bits per heavy atom. The first-order valence-corrected chi connectivity index (χ1v) is 20.3. The van der Waals surface area contributed by atoms with Crippen LogP contribution in [0.2, 0.25) is 10.0 Å². The SMILES string of the molecule is O=C(Cc1cccc([N+](=O)[O-])c1)c1cc2ccccc2c(N=Nc2cc(Cl)ccc2O)c1O.O=C(Cc1cccc([N+](=O)[O-])c1)c1cc2ccccc2c(N=Nc2cc(Cl)ccc2O)c1O.[Fe]. The van der Waals surface area contributed by atoms with E-state index in [1.807, 2.05) is 0 Å². The number of benzene rings is 8. The summed E-state index contributed by atoms with van der Waals surface area (Å²) in [5.74, 6) is -1.94. The van der Waals surface area contributed by atoms with Crippen LogP contribution >= 0.6 is 23.2 Å². The molecule has 0 unspecified atom stereocenters. The molecule has 0 aliphatic rings. The summed E-state index contributed by atoms with van der Waals surface area (Å²) in [4.78, 5) is 47.0. The second-order valence-electron chi connectivity index (χ2n) is 14.4. The number of fused-ring (bicyclic) bond motifs is 2. The van der Waals surface area contributed by atoms with Crippen LogP contribution in [0, 0.1) is 20.2 Å². The molecule has 16 nitrogen and oxygen atoms in total. The first-order chi connectivity index (χ1) is 31.7. The van der Waals surface area contributed by atoms with Crippen molar-refractivity contribution in [1.82, 2.24) is 0 Å². The van der Waals surface area contributed by atoms with E-state index in [4.69, 9.17) is 23.2 Å². The molecule has 0 aromatic heterocycles. The van der Waals surface area contributed by atoms with Crippen LogP contribution in [-0.4, -0.2) is 41.8 Å². The van der Waals surface area contributed by atoms with Crippen molar-refractivity contribution in [3.63, 3.8) is 0 Å². The Hall–Kier alpha value is -8.08. The van der Waals surface area contributed by atoms with Crippen molar-refractivity contribution in [2.75, 3.05) is 0 Å². The van der Waals surface area contributed by atoms with Crippen LogP contribution in [0.3, 0.4) is 0 Å². The minimum Gasteiger partial charge on any atom is -0.506 e. The van der Waals surface area contributed by atoms with Gasteiger partial charge in [-0.15, -0.1) is 20.5 Å². The second-order valence-corrected chi connectivity index (χ2v) is 15.3. The molecular formula is C48H32Cl2FeN6O10. The third-order valence-corrected chi connectivity index (χ3v) is 10.4. The van der Waals surface area contributed by atoms with Gasteiger partial charge in [-0.1, -0.05) is 96.0 Å². The zero-order valence-corrected chi connectivity index (χ0v) is 36.9. The average molecular weight is 980 g/mol. The number of halogens is 2. The molecule has 0 saturated heterocycles. The van der Waals surface area contributed by atoms with Crippen LogP contribution in [0.4, 0.5) is 34.1 Å². The number of phenolic OH excluding ortho intramolecular Hbond substituents is 4. The van der Waals surface area contributed by atoms with Crippen molar-refractivity contribution in [2.24, 2.45) is 20.5 Å². The van der Waals surface area contributed by atoms with Crippen molar-refractivity contribution in [2.45, 2.75) is 12.8 Å². The average Bonchev–Trinajstić information content (AvgIpc) is 3.30. The number of phenols is 4. The molecule has 336 valence electrons. The minimum absolute atomic E-state index is 0. The maximum absolute atomic E-state index is 13.0. The molecule has 0 heterocycles. The van der Waals surface area contributed by atoms with Gasteiger partial charge >= 0.3 is 0 Å². The summed E-state index contributed by atoms with van der Waals surface area (Å²) in [6.07, 6.45) is -0.307. The molecule has 0 spiro atoms. The molecule has 0 aliphatic heterocycles. The quantitative estimate of drug-likeness (QED) is 0.0296. The number of Topliss-reactive ketones (excluding diaryl/α,β-unsaturated/α-hetero) is 2. The standard InChI is InChI=1S/2C24H16ClN3O5.Fe/c2*25-16-8-9-21(29)20(13-16)26-27-23-18-7-2-1-5-15(18)12-19(24(23)31)22(30)11-14-4-3-6-17(10-14)28(32)33;/h2*1-10,12-13,29,31H,11H2;. The second kappa shape index (κ2) is 21.3. The van der Waals surface area contributed by atoms with Crippen LogP contribution in [0.25, 0.3) is 21.5 Å². The Kier molecular flexibility index (Phi) is 15.4. The van der Waals surface area contributed by atoms with Crippen molar-refractivity contribution in [3.05, 3.63) is 198 Å². The summed E-state index contributed by atoms with van der Waals surface area (Å²) in [7, 11) is 0. The third kappa shape index (κ3) is 11.4. The fourth-order valence-corrected chi connectivity index (χ4v) is 7.08. The maximum atomic E-state index is 13.0. The molecule has 0 saturated carbocycles. The molecule has 0 amide bonds. The Balaban J connectivity index is 0.000000218. The molecule has 0 radical (unpaired) electrons. The number of hydrogen-bond donors (Lipinski definition) is 4. The van der Waals surface area contributed by atoms with E-state index in [-0.39, 0.29) is 98.2 Å². The number of azo groups is 2. The Labute approximate surface area is 399 Å². The van der Waals surface area contributed by atoms with E-state index in [0.29, 0.717) is 42.7 Å². The number of carbonyl (C=O) groups excluding carboxylic acids is 2. The summed E-state index contributed by atoms with van der Waals surface area (Å²) in [6.45, 7) is 0. The van der Waals surface area contributed by atoms with E-state index in [0.717, 1.165) is 0 Å². The van der Waals surface area contributed by atoms with Gasteiger partial charge in [0, 0.05) is 75.0 Å². The van der Waals surface area contributed by atoms with Gasteiger partial charge in [0.15, 0.2) is 23.1 Å². The summed E-state index contributed by atoms with van der Waals surface area (Å²) in [5.41, 5.74) is 0.928. The van der Waals surface area contributed by atoms with E-state index in [1.165, 1.54) is 72.8 Å². The molecule has 0 aliphatic carbocycles. The molecule has 4 N–H and O–H groups in total. The summed E-state index contributed by atoms with van der Waals surface area (Å²) >= 11 is 11.9. The topological polar surface area (TPSA) is 251 Å². The van der Waals surface area contributed by atoms with Gasteiger partial charge in [-0.2, -0.15) is 0 Å². The smallest absolute Gasteiger partial charge is 0.269 e. The zero-order valence-electron chi connectivity index (χ0n) is 34.3. The van der Waals surface area contributed by atoms with E-state index in [2.05, 4.69) is 20.5 Å². The molecular weight excluding hydrogens is 947 g/mol. The summed E-state index contributed by atoms with van der Waals surface area (Å²) in [6, 6.07) is 37.2. The van der Waals surface area contributed by atoms with Gasteiger partial charge in [-0.3, -0.25) is 29.8 Å². The number of non-ortho nitro benzene ring substituents is 2. The van der Waals surface area contributed by atoms with Crippen LogP contribution < -0.4 is 0 Å². The minimum atomic E-state index is -0.536. The number of carbonyl (C=O) groups is 2. The zero-order chi connectivity index (χ0) is 47.1. The van der Waals surface area contributed by atoms with Crippen LogP contribution in [0.1, 0.15) is 31.8 Å². The van der Waals surface area contributed by atoms with Gasteiger partial charge in [0.25, 0.3) is 11.4 Å². The van der Waals surface area contributed by atoms with E-state index >= 15 is 0 Å². The van der Waals surface area contributed by atoms with Crippen LogP contribution in [0.15, 0.2) is 166 Å². The van der Waals surface area contributed by atoms with E-state index in [1.54, 1.807) is 72.8 Å². The van der Waals surface area contributed by atoms with Gasteiger partial charge in [-0.25, -0.2) is 0 Å². The number of rotatable bonds is 12. The molecule has 0 bridgehead atoms. The fraction of sp³-hybridized carbons (Fsp3) is 0.0417. The van der Waals surface area contributed by atoms with Crippen LogP contribution in [-0.2, 0) is 29.9 Å². The Morgan fingerprint density at radius 3 is 1.27 bits per heavy atom. The van der Waals surface area contributed by atoms with E-state index < -0.39 is 21.4 Å². The Morgan fingerprint density at radius 2 is 0.881 bits per heavy atom. The first kappa shape index (κ1) is 48.4. The number of nitro groups is 2. The summed E-state index contributed by atoms with van der Waals surface area (Å²) in [5, 5.41) is 83.1. The fourth-order valence-electron chi connectivity index (χ4n) is 6.74. The van der Waals surface area contributed by atoms with Gasteiger partial charge in [0.05, 0.1) is 21.0 Å². The molecule has 8 rings (SSSR count). The van der Waals surface area contributed by atoms with Gasteiger partial charge < -0.3 is 20.4 Å². The number of nitro benzene ring substituents is 2. The third-order valence-electron chi connectivity index (χ3n) is 9.95. The monoisotopic (exact) mass is 978 g/mol. The normalized spacial score (nSPS) is 11.0. The predicted molar refractivity (Wildman–Crippen MR) is 248 cm³/mol. The van der Waals surface area contributed by atoms with Gasteiger partial charge in [-0.05, 0) is 70.4 Å².